The van der Waals surface area contributed by atoms with Gasteiger partial charge in [-0.1, -0.05) is 81.1 Å². The van der Waals surface area contributed by atoms with Crippen LogP contribution in [0, 0.1) is 5.92 Å². The van der Waals surface area contributed by atoms with E-state index in [4.69, 9.17) is 0 Å². The van der Waals surface area contributed by atoms with Crippen molar-refractivity contribution in [2.24, 2.45) is 10.9 Å². The van der Waals surface area contributed by atoms with E-state index >= 15 is 0 Å². The third-order valence-electron chi connectivity index (χ3n) is 4.43. The molecule has 1 unspecified atom stereocenters. The van der Waals surface area contributed by atoms with Gasteiger partial charge in [0.25, 0.3) is 0 Å². The Morgan fingerprint density at radius 2 is 1.77 bits per heavy atom. The second-order valence-electron chi connectivity index (χ2n) is 6.59. The summed E-state index contributed by atoms with van der Waals surface area (Å²) in [6.45, 7) is 15.8. The first-order chi connectivity index (χ1) is 12.0. The fraction of sp³-hybridized carbons (Fsp3) is 0.826. The number of hydrogen-bond donors (Lipinski definition) is 0. The molecule has 0 fully saturated rings. The zero-order chi connectivity index (χ0) is 19.7. The molecule has 1 rings (SSSR count). The number of dihydropyridines is 1. The van der Waals surface area contributed by atoms with Crippen molar-refractivity contribution in [1.29, 1.82) is 0 Å². The molecule has 1 aliphatic heterocycles. The van der Waals surface area contributed by atoms with E-state index in [9.17, 15) is 4.79 Å². The van der Waals surface area contributed by atoms with Gasteiger partial charge in [0.2, 0.25) is 5.91 Å². The molecule has 0 bridgehead atoms. The van der Waals surface area contributed by atoms with E-state index in [1.165, 1.54) is 32.1 Å². The maximum atomic E-state index is 11.8. The van der Waals surface area contributed by atoms with E-state index in [-0.39, 0.29) is 19.4 Å². The molecule has 1 heterocycles. The number of likely N-dealkylation sites (N-methyl/N-ethyl adjacent to an activating group) is 1. The number of hydrogen-bond acceptors (Lipinski definition) is 2. The van der Waals surface area contributed by atoms with E-state index in [0.29, 0.717) is 0 Å². The SMILES string of the molecule is C.CC.CCCCC(CC)CC.CCCN(C)C(=O)C1=CC=NC(C)C1. The van der Waals surface area contributed by atoms with Crippen LogP contribution in [-0.4, -0.2) is 36.7 Å². The van der Waals surface area contributed by atoms with Gasteiger partial charge in [0.1, 0.15) is 0 Å². The molecule has 0 aromatic heterocycles. The smallest absolute Gasteiger partial charge is 0.249 e. The maximum absolute atomic E-state index is 11.8. The third kappa shape index (κ3) is 14.1. The van der Waals surface area contributed by atoms with Crippen LogP contribution in [0.4, 0.5) is 0 Å². The fourth-order valence-corrected chi connectivity index (χ4v) is 2.75. The first kappa shape index (κ1) is 29.6. The Morgan fingerprint density at radius 1 is 1.19 bits per heavy atom. The van der Waals surface area contributed by atoms with Crippen LogP contribution >= 0.6 is 0 Å². The predicted molar refractivity (Wildman–Crippen MR) is 120 cm³/mol. The summed E-state index contributed by atoms with van der Waals surface area (Å²) in [6.07, 6.45) is 12.3. The Morgan fingerprint density at radius 3 is 2.19 bits per heavy atom. The van der Waals surface area contributed by atoms with Crippen molar-refractivity contribution in [2.75, 3.05) is 13.6 Å². The standard InChI is InChI=1S/C11H18N2O.C9H20.C2H6.CH4/c1-4-7-13(3)11(14)10-5-6-12-9(2)8-10;1-4-7-8-9(5-2)6-3;1-2;/h5-6,9H,4,7-8H2,1-3H3;9H,4-8H2,1-3H3;1-2H3;1H4. The lowest BCUT2D eigenvalue weighted by atomic mass is 9.97. The molecular weight excluding hydrogens is 320 g/mol. The largest absolute Gasteiger partial charge is 0.342 e. The Bertz CT molecular complexity index is 370. The Hall–Kier alpha value is -1.12. The molecule has 0 aromatic carbocycles. The van der Waals surface area contributed by atoms with Crippen molar-refractivity contribution < 1.29 is 4.79 Å². The van der Waals surface area contributed by atoms with Crippen molar-refractivity contribution in [2.45, 2.75) is 107 Å². The van der Waals surface area contributed by atoms with Gasteiger partial charge in [-0.2, -0.15) is 0 Å². The Balaban J connectivity index is -0.000000386. The summed E-state index contributed by atoms with van der Waals surface area (Å²) in [5, 5.41) is 0. The molecule has 1 aliphatic rings. The summed E-state index contributed by atoms with van der Waals surface area (Å²) >= 11 is 0. The number of rotatable bonds is 8. The van der Waals surface area contributed by atoms with Crippen LogP contribution in [0.25, 0.3) is 0 Å². The minimum Gasteiger partial charge on any atom is -0.342 e. The first-order valence-electron chi connectivity index (χ1n) is 10.5. The number of aliphatic imine (C=N–C) groups is 1. The molecule has 0 radical (unpaired) electrons. The number of amides is 1. The van der Waals surface area contributed by atoms with Gasteiger partial charge >= 0.3 is 0 Å². The van der Waals surface area contributed by atoms with Crippen molar-refractivity contribution in [1.82, 2.24) is 4.90 Å². The topological polar surface area (TPSA) is 32.7 Å². The van der Waals surface area contributed by atoms with Crippen LogP contribution in [0.2, 0.25) is 0 Å². The average Bonchev–Trinajstić information content (AvgIpc) is 2.64. The number of carbonyl (C=O) groups excluding carboxylic acids is 1. The second-order valence-corrected chi connectivity index (χ2v) is 6.59. The van der Waals surface area contributed by atoms with Gasteiger partial charge in [0.05, 0.1) is 6.04 Å². The lowest BCUT2D eigenvalue weighted by Gasteiger charge is -2.20. The van der Waals surface area contributed by atoms with Crippen LogP contribution in [0.1, 0.15) is 101 Å². The van der Waals surface area contributed by atoms with Crippen LogP contribution in [0.15, 0.2) is 16.6 Å². The predicted octanol–water partition coefficient (Wildman–Crippen LogP) is 6.92. The monoisotopic (exact) mass is 368 g/mol. The molecule has 156 valence electrons. The molecule has 0 N–H and O–H groups in total. The summed E-state index contributed by atoms with van der Waals surface area (Å²) < 4.78 is 0. The lowest BCUT2D eigenvalue weighted by molar-refractivity contribution is -0.126. The highest BCUT2D eigenvalue weighted by Gasteiger charge is 2.17. The van der Waals surface area contributed by atoms with E-state index in [1.54, 1.807) is 11.1 Å². The number of unbranched alkanes of at least 4 members (excludes halogenated alkanes) is 1. The first-order valence-corrected chi connectivity index (χ1v) is 10.5. The van der Waals surface area contributed by atoms with Crippen molar-refractivity contribution in [3.63, 3.8) is 0 Å². The van der Waals surface area contributed by atoms with Crippen LogP contribution in [0.5, 0.6) is 0 Å². The molecule has 1 amide bonds. The molecule has 26 heavy (non-hydrogen) atoms. The molecule has 0 saturated heterocycles. The normalized spacial score (nSPS) is 15.0. The fourth-order valence-electron chi connectivity index (χ4n) is 2.75. The molecule has 0 spiro atoms. The summed E-state index contributed by atoms with van der Waals surface area (Å²) in [5.74, 6) is 1.15. The van der Waals surface area contributed by atoms with Gasteiger partial charge in [-0.15, -0.1) is 0 Å². The zero-order valence-electron chi connectivity index (χ0n) is 18.3. The van der Waals surface area contributed by atoms with Crippen molar-refractivity contribution in [3.05, 3.63) is 11.6 Å². The van der Waals surface area contributed by atoms with Gasteiger partial charge in [-0.25, -0.2) is 0 Å². The summed E-state index contributed by atoms with van der Waals surface area (Å²) in [5.41, 5.74) is 0.878. The molecule has 0 aromatic rings. The average molecular weight is 369 g/mol. The van der Waals surface area contributed by atoms with E-state index < -0.39 is 0 Å². The molecule has 0 aliphatic carbocycles. The highest BCUT2D eigenvalue weighted by molar-refractivity contribution is 5.97. The Kier molecular flexibility index (Phi) is 23.0. The van der Waals surface area contributed by atoms with E-state index in [2.05, 4.69) is 32.7 Å². The summed E-state index contributed by atoms with van der Waals surface area (Å²) in [4.78, 5) is 17.8. The van der Waals surface area contributed by atoms with Gasteiger partial charge in [0.15, 0.2) is 0 Å². The Labute approximate surface area is 165 Å². The summed E-state index contributed by atoms with van der Waals surface area (Å²) in [7, 11) is 1.85. The molecular formula is C23H48N2O. The van der Waals surface area contributed by atoms with Gasteiger partial charge in [-0.05, 0) is 31.8 Å². The minimum atomic E-state index is 0. The maximum Gasteiger partial charge on any atom is 0.249 e. The minimum absolute atomic E-state index is 0. The van der Waals surface area contributed by atoms with E-state index in [0.717, 1.165) is 30.9 Å². The van der Waals surface area contributed by atoms with Crippen LogP contribution < -0.4 is 0 Å². The second kappa shape index (κ2) is 20.2. The zero-order valence-corrected chi connectivity index (χ0v) is 18.3. The van der Waals surface area contributed by atoms with Gasteiger partial charge in [0, 0.05) is 25.4 Å². The summed E-state index contributed by atoms with van der Waals surface area (Å²) in [6, 6.07) is 0.244. The molecule has 3 heteroatoms. The van der Waals surface area contributed by atoms with Crippen LogP contribution in [-0.2, 0) is 4.79 Å². The molecule has 1 atom stereocenters. The highest BCUT2D eigenvalue weighted by Crippen LogP contribution is 2.15. The van der Waals surface area contributed by atoms with Crippen LogP contribution in [0.3, 0.4) is 0 Å². The van der Waals surface area contributed by atoms with Gasteiger partial charge < -0.3 is 4.90 Å². The molecule has 0 saturated carbocycles. The van der Waals surface area contributed by atoms with Gasteiger partial charge in [-0.3, -0.25) is 9.79 Å². The highest BCUT2D eigenvalue weighted by atomic mass is 16.2. The molecule has 3 nitrogen and oxygen atoms in total. The van der Waals surface area contributed by atoms with E-state index in [1.807, 2.05) is 33.9 Å². The number of nitrogens with zero attached hydrogens (tertiary/aromatic N) is 2. The quantitative estimate of drug-likeness (QED) is 0.457. The van der Waals surface area contributed by atoms with Crippen molar-refractivity contribution >= 4 is 12.1 Å². The number of allylic oxidation sites excluding steroid dienone is 1. The number of carbonyl (C=O) groups is 1. The third-order valence-corrected chi connectivity index (χ3v) is 4.43. The van der Waals surface area contributed by atoms with Crippen molar-refractivity contribution in [3.8, 4) is 0 Å². The lowest BCUT2D eigenvalue weighted by Crippen LogP contribution is -2.30.